The van der Waals surface area contributed by atoms with Crippen LogP contribution in [-0.4, -0.2) is 19.1 Å². The maximum atomic E-state index is 13.5. The quantitative estimate of drug-likeness (QED) is 0.718. The molecule has 0 spiro atoms. The van der Waals surface area contributed by atoms with Gasteiger partial charge in [-0.05, 0) is 24.6 Å². The minimum atomic E-state index is -1.16. The first kappa shape index (κ1) is 11.4. The van der Waals surface area contributed by atoms with Crippen LogP contribution in [0.2, 0.25) is 0 Å². The SMILES string of the molecule is N[C@H]1CNCC[C@@H]1c1cc(F)c(F)cc1F. The van der Waals surface area contributed by atoms with Crippen molar-refractivity contribution in [1.82, 2.24) is 5.32 Å². The lowest BCUT2D eigenvalue weighted by atomic mass is 9.86. The predicted octanol–water partition coefficient (Wildman–Crippen LogP) is 1.51. The Kier molecular flexibility index (Phi) is 3.16. The maximum absolute atomic E-state index is 13.5. The molecule has 0 unspecified atom stereocenters. The Bertz CT molecular complexity index is 395. The third-order valence-corrected chi connectivity index (χ3v) is 2.97. The fraction of sp³-hybridized carbons (Fsp3) is 0.455. The minimum Gasteiger partial charge on any atom is -0.326 e. The van der Waals surface area contributed by atoms with E-state index in [2.05, 4.69) is 5.32 Å². The van der Waals surface area contributed by atoms with Crippen molar-refractivity contribution in [2.45, 2.75) is 18.4 Å². The Morgan fingerprint density at radius 2 is 1.81 bits per heavy atom. The highest BCUT2D eigenvalue weighted by Gasteiger charge is 2.26. The van der Waals surface area contributed by atoms with Crippen molar-refractivity contribution in [2.75, 3.05) is 13.1 Å². The molecule has 0 aliphatic carbocycles. The van der Waals surface area contributed by atoms with E-state index in [9.17, 15) is 13.2 Å². The summed E-state index contributed by atoms with van der Waals surface area (Å²) >= 11 is 0. The first-order valence-electron chi connectivity index (χ1n) is 5.20. The van der Waals surface area contributed by atoms with E-state index in [1.807, 2.05) is 0 Å². The van der Waals surface area contributed by atoms with Gasteiger partial charge < -0.3 is 11.1 Å². The van der Waals surface area contributed by atoms with Crippen LogP contribution in [0.15, 0.2) is 12.1 Å². The first-order chi connectivity index (χ1) is 7.59. The molecule has 0 bridgehead atoms. The smallest absolute Gasteiger partial charge is 0.161 e. The lowest BCUT2D eigenvalue weighted by Crippen LogP contribution is -2.45. The Hall–Kier alpha value is -1.07. The van der Waals surface area contributed by atoms with Gasteiger partial charge in [0.1, 0.15) is 5.82 Å². The number of piperidine rings is 1. The van der Waals surface area contributed by atoms with E-state index < -0.39 is 17.5 Å². The third-order valence-electron chi connectivity index (χ3n) is 2.97. The second-order valence-electron chi connectivity index (χ2n) is 4.05. The van der Waals surface area contributed by atoms with E-state index >= 15 is 0 Å². The molecule has 1 heterocycles. The molecule has 1 aliphatic heterocycles. The minimum absolute atomic E-state index is 0.174. The van der Waals surface area contributed by atoms with Crippen LogP contribution >= 0.6 is 0 Å². The van der Waals surface area contributed by atoms with Gasteiger partial charge >= 0.3 is 0 Å². The van der Waals surface area contributed by atoms with E-state index in [1.54, 1.807) is 0 Å². The van der Waals surface area contributed by atoms with Crippen molar-refractivity contribution < 1.29 is 13.2 Å². The van der Waals surface area contributed by atoms with Crippen LogP contribution in [0.5, 0.6) is 0 Å². The molecule has 1 aromatic carbocycles. The van der Waals surface area contributed by atoms with Gasteiger partial charge in [-0.15, -0.1) is 0 Å². The van der Waals surface area contributed by atoms with Crippen molar-refractivity contribution in [3.63, 3.8) is 0 Å². The van der Waals surface area contributed by atoms with Crippen LogP contribution in [0.25, 0.3) is 0 Å². The zero-order chi connectivity index (χ0) is 11.7. The highest BCUT2D eigenvalue weighted by molar-refractivity contribution is 5.26. The number of hydrogen-bond acceptors (Lipinski definition) is 2. The molecular formula is C11H13F3N2. The lowest BCUT2D eigenvalue weighted by molar-refractivity contribution is 0.387. The second-order valence-corrected chi connectivity index (χ2v) is 4.05. The Morgan fingerprint density at radius 1 is 1.12 bits per heavy atom. The molecule has 0 aromatic heterocycles. The zero-order valence-corrected chi connectivity index (χ0v) is 8.64. The average molecular weight is 230 g/mol. The summed E-state index contributed by atoms with van der Waals surface area (Å²) in [6, 6.07) is 1.23. The van der Waals surface area contributed by atoms with Crippen LogP contribution in [0.1, 0.15) is 17.9 Å². The molecule has 0 radical (unpaired) electrons. The van der Waals surface area contributed by atoms with Gasteiger partial charge in [0.15, 0.2) is 11.6 Å². The average Bonchev–Trinajstić information content (AvgIpc) is 2.25. The summed E-state index contributed by atoms with van der Waals surface area (Å²) in [4.78, 5) is 0. The van der Waals surface area contributed by atoms with Gasteiger partial charge in [-0.25, -0.2) is 13.2 Å². The van der Waals surface area contributed by atoms with Crippen molar-refractivity contribution >= 4 is 0 Å². The monoisotopic (exact) mass is 230 g/mol. The van der Waals surface area contributed by atoms with Gasteiger partial charge in [0.25, 0.3) is 0 Å². The van der Waals surface area contributed by atoms with Crippen LogP contribution in [-0.2, 0) is 0 Å². The number of benzene rings is 1. The normalized spacial score (nSPS) is 25.8. The maximum Gasteiger partial charge on any atom is 0.161 e. The molecule has 5 heteroatoms. The number of nitrogens with two attached hydrogens (primary N) is 1. The fourth-order valence-corrected chi connectivity index (χ4v) is 2.09. The molecule has 3 N–H and O–H groups in total. The van der Waals surface area contributed by atoms with Gasteiger partial charge in [-0.2, -0.15) is 0 Å². The Balaban J connectivity index is 2.35. The topological polar surface area (TPSA) is 38.0 Å². The van der Waals surface area contributed by atoms with Crippen LogP contribution < -0.4 is 11.1 Å². The number of nitrogens with one attached hydrogen (secondary N) is 1. The summed E-state index contributed by atoms with van der Waals surface area (Å²) in [5, 5.41) is 3.06. The number of halogens is 3. The molecule has 1 fully saturated rings. The van der Waals surface area contributed by atoms with E-state index in [0.717, 1.165) is 6.07 Å². The molecule has 16 heavy (non-hydrogen) atoms. The van der Waals surface area contributed by atoms with E-state index in [0.29, 0.717) is 25.6 Å². The van der Waals surface area contributed by atoms with E-state index in [1.165, 1.54) is 0 Å². The molecule has 2 atom stereocenters. The van der Waals surface area contributed by atoms with Gasteiger partial charge in [-0.3, -0.25) is 0 Å². The Labute approximate surface area is 91.6 Å². The highest BCUT2D eigenvalue weighted by Crippen LogP contribution is 2.28. The molecular weight excluding hydrogens is 217 g/mol. The molecule has 1 aromatic rings. The van der Waals surface area contributed by atoms with Gasteiger partial charge in [0, 0.05) is 24.6 Å². The van der Waals surface area contributed by atoms with Gasteiger partial charge in [0.05, 0.1) is 0 Å². The summed E-state index contributed by atoms with van der Waals surface area (Å²) in [5.74, 6) is -3.16. The van der Waals surface area contributed by atoms with E-state index in [-0.39, 0.29) is 17.5 Å². The lowest BCUT2D eigenvalue weighted by Gasteiger charge is -2.29. The summed E-state index contributed by atoms with van der Waals surface area (Å²) in [5.41, 5.74) is 6.00. The largest absolute Gasteiger partial charge is 0.326 e. The summed E-state index contributed by atoms with van der Waals surface area (Å²) in [6.07, 6.45) is 0.628. The summed E-state index contributed by atoms with van der Waals surface area (Å²) < 4.78 is 39.3. The third kappa shape index (κ3) is 2.05. The van der Waals surface area contributed by atoms with Gasteiger partial charge in [0.2, 0.25) is 0 Å². The fourth-order valence-electron chi connectivity index (χ4n) is 2.09. The van der Waals surface area contributed by atoms with E-state index in [4.69, 9.17) is 5.73 Å². The van der Waals surface area contributed by atoms with Crippen molar-refractivity contribution in [3.05, 3.63) is 35.1 Å². The molecule has 0 amide bonds. The van der Waals surface area contributed by atoms with Crippen LogP contribution in [0, 0.1) is 17.5 Å². The van der Waals surface area contributed by atoms with Crippen molar-refractivity contribution in [3.8, 4) is 0 Å². The molecule has 2 rings (SSSR count). The zero-order valence-electron chi connectivity index (χ0n) is 8.64. The standard InChI is InChI=1S/C11H13F3N2/c12-8-4-10(14)9(13)3-7(8)6-1-2-16-5-11(6)15/h3-4,6,11,16H,1-2,5,15H2/t6-,11+/m1/s1. The molecule has 2 nitrogen and oxygen atoms in total. The Morgan fingerprint density at radius 3 is 2.50 bits per heavy atom. The predicted molar refractivity (Wildman–Crippen MR) is 54.5 cm³/mol. The summed E-state index contributed by atoms with van der Waals surface area (Å²) in [6.45, 7) is 1.26. The molecule has 88 valence electrons. The second kappa shape index (κ2) is 4.43. The molecule has 1 saturated heterocycles. The first-order valence-corrected chi connectivity index (χ1v) is 5.20. The molecule has 1 aliphatic rings. The summed E-state index contributed by atoms with van der Waals surface area (Å²) in [7, 11) is 0. The number of rotatable bonds is 1. The molecule has 0 saturated carbocycles. The number of hydrogen-bond donors (Lipinski definition) is 2. The van der Waals surface area contributed by atoms with Crippen molar-refractivity contribution in [2.24, 2.45) is 5.73 Å². The van der Waals surface area contributed by atoms with Crippen molar-refractivity contribution in [1.29, 1.82) is 0 Å². The van der Waals surface area contributed by atoms with Crippen LogP contribution in [0.4, 0.5) is 13.2 Å². The van der Waals surface area contributed by atoms with Gasteiger partial charge in [-0.1, -0.05) is 0 Å². The van der Waals surface area contributed by atoms with Crippen LogP contribution in [0.3, 0.4) is 0 Å². The highest BCUT2D eigenvalue weighted by atomic mass is 19.2.